The van der Waals surface area contributed by atoms with Crippen molar-refractivity contribution in [3.63, 3.8) is 0 Å². The molecule has 0 heterocycles. The van der Waals surface area contributed by atoms with Gasteiger partial charge in [0.1, 0.15) is 11.5 Å². The third kappa shape index (κ3) is 2.63. The second kappa shape index (κ2) is 4.69. The highest BCUT2D eigenvalue weighted by Crippen LogP contribution is 2.33. The predicted octanol–water partition coefficient (Wildman–Crippen LogP) is 3.31. The summed E-state index contributed by atoms with van der Waals surface area (Å²) in [4.78, 5) is 11.3. The fraction of sp³-hybridized carbons (Fsp3) is 0.500. The molecule has 0 radical (unpaired) electrons. The average molecular weight is 218 g/mol. The number of carbonyl (C=O) groups excluding carboxylic acids is 1. The molecule has 1 aliphatic carbocycles. The maximum Gasteiger partial charge on any atom is 0.133 e. The van der Waals surface area contributed by atoms with Crippen LogP contribution >= 0.6 is 0 Å². The third-order valence-corrected chi connectivity index (χ3v) is 2.95. The lowest BCUT2D eigenvalue weighted by molar-refractivity contribution is -0.117. The van der Waals surface area contributed by atoms with Gasteiger partial charge in [-0.2, -0.15) is 0 Å². The predicted molar refractivity (Wildman–Crippen MR) is 63.8 cm³/mol. The minimum Gasteiger partial charge on any atom is -0.491 e. The number of ketones is 1. The lowest BCUT2D eigenvalue weighted by atomic mass is 9.97. The van der Waals surface area contributed by atoms with Crippen molar-refractivity contribution in [2.45, 2.75) is 45.1 Å². The summed E-state index contributed by atoms with van der Waals surface area (Å²) in [6.45, 7) is 4.04. The van der Waals surface area contributed by atoms with Crippen molar-refractivity contribution in [1.82, 2.24) is 0 Å². The first-order valence-electron chi connectivity index (χ1n) is 5.93. The molecule has 0 N–H and O–H groups in total. The van der Waals surface area contributed by atoms with Gasteiger partial charge in [-0.05, 0) is 43.9 Å². The van der Waals surface area contributed by atoms with Gasteiger partial charge in [-0.25, -0.2) is 0 Å². The van der Waals surface area contributed by atoms with Crippen LogP contribution in [0.4, 0.5) is 0 Å². The van der Waals surface area contributed by atoms with Crippen molar-refractivity contribution in [2.75, 3.05) is 0 Å². The Hall–Kier alpha value is -1.31. The zero-order chi connectivity index (χ0) is 11.5. The average Bonchev–Trinajstić information content (AvgIpc) is 2.64. The number of hydrogen-bond donors (Lipinski definition) is 0. The summed E-state index contributed by atoms with van der Waals surface area (Å²) in [6, 6.07) is 8.15. The highest BCUT2D eigenvalue weighted by molar-refractivity contribution is 5.81. The summed E-state index contributed by atoms with van der Waals surface area (Å²) in [6.07, 6.45) is 2.62. The van der Waals surface area contributed by atoms with Crippen molar-refractivity contribution in [3.8, 4) is 5.75 Å². The number of carbonyl (C=O) groups is 1. The topological polar surface area (TPSA) is 26.3 Å². The SMILES string of the molecule is CC(C)Oc1cccc(C2CCC(=O)C2)c1. The molecule has 1 aliphatic rings. The Morgan fingerprint density at radius 3 is 2.81 bits per heavy atom. The molecule has 1 fully saturated rings. The molecule has 0 saturated heterocycles. The minimum atomic E-state index is 0.195. The van der Waals surface area contributed by atoms with E-state index in [2.05, 4.69) is 12.1 Å². The Morgan fingerprint density at radius 2 is 2.19 bits per heavy atom. The number of hydrogen-bond acceptors (Lipinski definition) is 2. The summed E-state index contributed by atoms with van der Waals surface area (Å²) >= 11 is 0. The molecule has 0 spiro atoms. The molecule has 16 heavy (non-hydrogen) atoms. The molecule has 1 unspecified atom stereocenters. The molecule has 1 atom stereocenters. The maximum absolute atomic E-state index is 11.3. The van der Waals surface area contributed by atoms with Crippen LogP contribution in [0.2, 0.25) is 0 Å². The van der Waals surface area contributed by atoms with Crippen LogP contribution in [0.15, 0.2) is 24.3 Å². The largest absolute Gasteiger partial charge is 0.491 e. The highest BCUT2D eigenvalue weighted by atomic mass is 16.5. The maximum atomic E-state index is 11.3. The van der Waals surface area contributed by atoms with Crippen LogP contribution < -0.4 is 4.74 Å². The van der Waals surface area contributed by atoms with E-state index < -0.39 is 0 Å². The minimum absolute atomic E-state index is 0.195. The quantitative estimate of drug-likeness (QED) is 0.778. The summed E-state index contributed by atoms with van der Waals surface area (Å²) in [5.41, 5.74) is 1.24. The van der Waals surface area contributed by atoms with Gasteiger partial charge in [0.05, 0.1) is 6.10 Å². The number of benzene rings is 1. The number of ether oxygens (including phenoxy) is 1. The first-order chi connectivity index (χ1) is 7.65. The molecule has 0 aliphatic heterocycles. The zero-order valence-corrected chi connectivity index (χ0v) is 9.90. The molecule has 2 nitrogen and oxygen atoms in total. The normalized spacial score (nSPS) is 20.4. The van der Waals surface area contributed by atoms with E-state index in [1.54, 1.807) is 0 Å². The van der Waals surface area contributed by atoms with Gasteiger partial charge in [0.25, 0.3) is 0 Å². The van der Waals surface area contributed by atoms with Gasteiger partial charge < -0.3 is 4.74 Å². The third-order valence-electron chi connectivity index (χ3n) is 2.95. The van der Waals surface area contributed by atoms with Gasteiger partial charge in [-0.3, -0.25) is 4.79 Å². The lowest BCUT2D eigenvalue weighted by Crippen LogP contribution is -2.06. The van der Waals surface area contributed by atoms with Gasteiger partial charge >= 0.3 is 0 Å². The van der Waals surface area contributed by atoms with Crippen LogP contribution in [0, 0.1) is 0 Å². The molecule has 0 amide bonds. The number of Topliss-reactive ketones (excluding diaryl/α,β-unsaturated/α-hetero) is 1. The standard InChI is InChI=1S/C14H18O2/c1-10(2)16-14-5-3-4-11(9-14)12-6-7-13(15)8-12/h3-5,9-10,12H,6-8H2,1-2H3. The first kappa shape index (κ1) is 11.2. The van der Waals surface area contributed by atoms with Gasteiger partial charge in [0.15, 0.2) is 0 Å². The summed E-state index contributed by atoms with van der Waals surface area (Å²) in [5.74, 6) is 1.70. The van der Waals surface area contributed by atoms with E-state index in [-0.39, 0.29) is 6.10 Å². The fourth-order valence-electron chi connectivity index (χ4n) is 2.21. The van der Waals surface area contributed by atoms with Gasteiger partial charge in [0.2, 0.25) is 0 Å². The molecule has 1 saturated carbocycles. The Balaban J connectivity index is 2.12. The second-order valence-electron chi connectivity index (χ2n) is 4.72. The highest BCUT2D eigenvalue weighted by Gasteiger charge is 2.23. The molecular weight excluding hydrogens is 200 g/mol. The van der Waals surface area contributed by atoms with Crippen LogP contribution in [0.1, 0.15) is 44.6 Å². The van der Waals surface area contributed by atoms with E-state index in [1.807, 2.05) is 26.0 Å². The van der Waals surface area contributed by atoms with E-state index in [9.17, 15) is 4.79 Å². The van der Waals surface area contributed by atoms with Crippen molar-refractivity contribution < 1.29 is 9.53 Å². The first-order valence-corrected chi connectivity index (χ1v) is 5.93. The molecule has 2 rings (SSSR count). The molecule has 0 aromatic heterocycles. The van der Waals surface area contributed by atoms with E-state index in [1.165, 1.54) is 5.56 Å². The molecule has 0 bridgehead atoms. The molecule has 86 valence electrons. The summed E-state index contributed by atoms with van der Waals surface area (Å²) < 4.78 is 5.66. The van der Waals surface area contributed by atoms with Crippen molar-refractivity contribution in [2.24, 2.45) is 0 Å². The van der Waals surface area contributed by atoms with Gasteiger partial charge in [-0.15, -0.1) is 0 Å². The summed E-state index contributed by atoms with van der Waals surface area (Å²) in [7, 11) is 0. The van der Waals surface area contributed by atoms with E-state index in [0.717, 1.165) is 18.6 Å². The van der Waals surface area contributed by atoms with Crippen LogP contribution in [0.5, 0.6) is 5.75 Å². The smallest absolute Gasteiger partial charge is 0.133 e. The van der Waals surface area contributed by atoms with Gasteiger partial charge in [0, 0.05) is 12.8 Å². The fourth-order valence-corrected chi connectivity index (χ4v) is 2.21. The number of rotatable bonds is 3. The van der Waals surface area contributed by atoms with Crippen LogP contribution in [0.25, 0.3) is 0 Å². The Bertz CT molecular complexity index is 382. The molecular formula is C14H18O2. The van der Waals surface area contributed by atoms with Crippen LogP contribution in [-0.2, 0) is 4.79 Å². The van der Waals surface area contributed by atoms with E-state index in [4.69, 9.17) is 4.74 Å². The van der Waals surface area contributed by atoms with Crippen molar-refractivity contribution in [3.05, 3.63) is 29.8 Å². The molecule has 1 aromatic carbocycles. The van der Waals surface area contributed by atoms with E-state index >= 15 is 0 Å². The summed E-state index contributed by atoms with van der Waals surface area (Å²) in [5, 5.41) is 0. The van der Waals surface area contributed by atoms with Crippen LogP contribution in [-0.4, -0.2) is 11.9 Å². The Kier molecular flexibility index (Phi) is 3.28. The lowest BCUT2D eigenvalue weighted by Gasteiger charge is -2.13. The molecule has 2 heteroatoms. The Labute approximate surface area is 96.6 Å². The van der Waals surface area contributed by atoms with E-state index in [0.29, 0.717) is 18.1 Å². The van der Waals surface area contributed by atoms with Crippen molar-refractivity contribution >= 4 is 5.78 Å². The van der Waals surface area contributed by atoms with Gasteiger partial charge in [-0.1, -0.05) is 12.1 Å². The second-order valence-corrected chi connectivity index (χ2v) is 4.72. The monoisotopic (exact) mass is 218 g/mol. The zero-order valence-electron chi connectivity index (χ0n) is 9.90. The van der Waals surface area contributed by atoms with Crippen molar-refractivity contribution in [1.29, 1.82) is 0 Å². The Morgan fingerprint density at radius 1 is 1.38 bits per heavy atom. The molecule has 1 aromatic rings. The van der Waals surface area contributed by atoms with Crippen LogP contribution in [0.3, 0.4) is 0 Å².